The molecule has 0 heterocycles. The summed E-state index contributed by atoms with van der Waals surface area (Å²) in [6.45, 7) is 9.07. The summed E-state index contributed by atoms with van der Waals surface area (Å²) < 4.78 is 0. The summed E-state index contributed by atoms with van der Waals surface area (Å²) in [5, 5.41) is 24.0. The summed E-state index contributed by atoms with van der Waals surface area (Å²) in [5.41, 5.74) is 2.94. The Kier molecular flexibility index (Phi) is 13.5. The van der Waals surface area contributed by atoms with Gasteiger partial charge in [-0.1, -0.05) is 52.0 Å². The van der Waals surface area contributed by atoms with Crippen LogP contribution in [-0.2, 0) is 0 Å². The van der Waals surface area contributed by atoms with Crippen molar-refractivity contribution in [3.63, 3.8) is 0 Å². The van der Waals surface area contributed by atoms with E-state index in [4.69, 9.17) is 21.0 Å². The Bertz CT molecular complexity index is 243. The van der Waals surface area contributed by atoms with Crippen molar-refractivity contribution in [1.82, 2.24) is 0 Å². The number of hydrogen-bond acceptors (Lipinski definition) is 4. The fraction of sp³-hybridized carbons (Fsp3) is 0.571. The lowest BCUT2D eigenvalue weighted by molar-refractivity contribution is -0.176. The highest BCUT2D eigenvalue weighted by molar-refractivity contribution is 5.26. The van der Waals surface area contributed by atoms with Gasteiger partial charge in [0.05, 0.1) is 0 Å². The van der Waals surface area contributed by atoms with Crippen LogP contribution in [0.3, 0.4) is 0 Å². The topological polar surface area (TPSA) is 80.9 Å². The minimum Gasteiger partial charge on any atom is -0.255 e. The lowest BCUT2D eigenvalue weighted by atomic mass is 9.93. The molecule has 1 aromatic carbocycles. The highest BCUT2D eigenvalue weighted by atomic mass is 17.0. The second-order valence-electron chi connectivity index (χ2n) is 4.29. The third kappa shape index (κ3) is 6.71. The lowest BCUT2D eigenvalue weighted by Crippen LogP contribution is -1.94. The molecule has 0 amide bonds. The third-order valence-electron chi connectivity index (χ3n) is 3.30. The number of rotatable bonds is 4. The van der Waals surface area contributed by atoms with E-state index in [2.05, 4.69) is 52.0 Å². The molecule has 18 heavy (non-hydrogen) atoms. The van der Waals surface area contributed by atoms with Crippen LogP contribution in [0, 0.1) is 0 Å². The molecule has 0 spiro atoms. The first-order valence-electron chi connectivity index (χ1n) is 6.18. The zero-order valence-electron chi connectivity index (χ0n) is 11.7. The van der Waals surface area contributed by atoms with Crippen LogP contribution in [-0.4, -0.2) is 21.0 Å². The molecule has 4 nitrogen and oxygen atoms in total. The van der Waals surface area contributed by atoms with Crippen LogP contribution in [0.1, 0.15) is 63.5 Å². The van der Waals surface area contributed by atoms with Gasteiger partial charge in [-0.3, -0.25) is 21.0 Å². The van der Waals surface area contributed by atoms with Gasteiger partial charge < -0.3 is 0 Å². The first kappa shape index (κ1) is 19.4. The van der Waals surface area contributed by atoms with E-state index in [1.54, 1.807) is 0 Å². The molecular formula is C14H26O4. The molecule has 106 valence electrons. The molecule has 0 aliphatic carbocycles. The molecule has 0 saturated carbocycles. The number of hydrogen-bond donors (Lipinski definition) is 4. The van der Waals surface area contributed by atoms with E-state index in [0.717, 1.165) is 0 Å². The SMILES string of the molecule is CCC(C)c1ccc(C(C)CC)cc1.OO.OO. The van der Waals surface area contributed by atoms with Crippen molar-refractivity contribution in [3.8, 4) is 0 Å². The molecule has 1 rings (SSSR count). The summed E-state index contributed by atoms with van der Waals surface area (Å²) >= 11 is 0. The number of benzene rings is 1. The van der Waals surface area contributed by atoms with Crippen LogP contribution in [0.25, 0.3) is 0 Å². The van der Waals surface area contributed by atoms with Gasteiger partial charge in [0.1, 0.15) is 0 Å². The summed E-state index contributed by atoms with van der Waals surface area (Å²) in [5.74, 6) is 1.39. The first-order valence-corrected chi connectivity index (χ1v) is 6.18. The average Bonchev–Trinajstić information content (AvgIpc) is 2.49. The molecule has 2 atom stereocenters. The molecule has 0 aromatic heterocycles. The molecule has 1 aromatic rings. The van der Waals surface area contributed by atoms with Gasteiger partial charge in [-0.25, -0.2) is 0 Å². The molecule has 0 fully saturated rings. The van der Waals surface area contributed by atoms with Crippen molar-refractivity contribution in [2.75, 3.05) is 0 Å². The van der Waals surface area contributed by atoms with Gasteiger partial charge in [0.25, 0.3) is 0 Å². The van der Waals surface area contributed by atoms with Crippen molar-refractivity contribution in [2.45, 2.75) is 52.4 Å². The summed E-state index contributed by atoms with van der Waals surface area (Å²) in [6, 6.07) is 9.15. The predicted molar refractivity (Wildman–Crippen MR) is 74.4 cm³/mol. The monoisotopic (exact) mass is 258 g/mol. The highest BCUT2D eigenvalue weighted by Gasteiger charge is 2.05. The maximum absolute atomic E-state index is 6.00. The highest BCUT2D eigenvalue weighted by Crippen LogP contribution is 2.23. The predicted octanol–water partition coefficient (Wildman–Crippen LogP) is 4.75. The normalized spacial score (nSPS) is 12.4. The van der Waals surface area contributed by atoms with Crippen LogP contribution in [0.2, 0.25) is 0 Å². The molecule has 2 unspecified atom stereocenters. The maximum atomic E-state index is 6.00. The standard InChI is InChI=1S/C14H22.2H2O2/c1-5-11(3)13-7-9-14(10-8-13)12(4)6-2;2*1-2/h7-12H,5-6H2,1-4H3;2*1-2H. The zero-order valence-corrected chi connectivity index (χ0v) is 11.7. The average molecular weight is 258 g/mol. The van der Waals surface area contributed by atoms with Crippen LogP contribution >= 0.6 is 0 Å². The quantitative estimate of drug-likeness (QED) is 0.464. The lowest BCUT2D eigenvalue weighted by Gasteiger charge is -2.12. The smallest absolute Gasteiger partial charge is 0.0193 e. The molecule has 4 N–H and O–H groups in total. The van der Waals surface area contributed by atoms with Crippen LogP contribution < -0.4 is 0 Å². The van der Waals surface area contributed by atoms with Crippen LogP contribution in [0.15, 0.2) is 24.3 Å². The summed E-state index contributed by atoms with van der Waals surface area (Å²) in [7, 11) is 0. The van der Waals surface area contributed by atoms with Crippen LogP contribution in [0.4, 0.5) is 0 Å². The Morgan fingerprint density at radius 3 is 1.11 bits per heavy atom. The summed E-state index contributed by atoms with van der Waals surface area (Å²) in [4.78, 5) is 0. The van der Waals surface area contributed by atoms with Gasteiger partial charge in [-0.15, -0.1) is 0 Å². The van der Waals surface area contributed by atoms with Crippen molar-refractivity contribution in [2.24, 2.45) is 0 Å². The van der Waals surface area contributed by atoms with E-state index < -0.39 is 0 Å². The molecule has 0 aliphatic rings. The van der Waals surface area contributed by atoms with Gasteiger partial charge in [0.15, 0.2) is 0 Å². The maximum Gasteiger partial charge on any atom is -0.0193 e. The van der Waals surface area contributed by atoms with Gasteiger partial charge in [0.2, 0.25) is 0 Å². The Hall–Kier alpha value is -0.940. The minimum absolute atomic E-state index is 0.695. The molecule has 0 bridgehead atoms. The zero-order chi connectivity index (χ0) is 14.6. The van der Waals surface area contributed by atoms with Gasteiger partial charge in [0, 0.05) is 0 Å². The second kappa shape index (κ2) is 12.5. The first-order chi connectivity index (χ1) is 8.69. The van der Waals surface area contributed by atoms with Gasteiger partial charge in [-0.2, -0.15) is 0 Å². The third-order valence-corrected chi connectivity index (χ3v) is 3.30. The fourth-order valence-electron chi connectivity index (χ4n) is 1.62. The summed E-state index contributed by atoms with van der Waals surface area (Å²) in [6.07, 6.45) is 2.45. The van der Waals surface area contributed by atoms with Gasteiger partial charge >= 0.3 is 0 Å². The second-order valence-corrected chi connectivity index (χ2v) is 4.29. The molecule has 0 aliphatic heterocycles. The Morgan fingerprint density at radius 2 is 0.944 bits per heavy atom. The van der Waals surface area contributed by atoms with Crippen molar-refractivity contribution in [3.05, 3.63) is 35.4 Å². The van der Waals surface area contributed by atoms with Gasteiger partial charge in [-0.05, 0) is 35.8 Å². The van der Waals surface area contributed by atoms with Crippen molar-refractivity contribution >= 4 is 0 Å². The van der Waals surface area contributed by atoms with E-state index in [9.17, 15) is 0 Å². The molecule has 0 radical (unpaired) electrons. The van der Waals surface area contributed by atoms with Crippen molar-refractivity contribution < 1.29 is 21.0 Å². The fourth-order valence-corrected chi connectivity index (χ4v) is 1.62. The van der Waals surface area contributed by atoms with E-state index in [0.29, 0.717) is 11.8 Å². The molecular weight excluding hydrogens is 232 g/mol. The molecule has 0 saturated heterocycles. The van der Waals surface area contributed by atoms with Crippen LogP contribution in [0.5, 0.6) is 0 Å². The van der Waals surface area contributed by atoms with E-state index in [1.165, 1.54) is 24.0 Å². The molecule has 4 heteroatoms. The Balaban J connectivity index is 0. The van der Waals surface area contributed by atoms with E-state index >= 15 is 0 Å². The van der Waals surface area contributed by atoms with Crippen molar-refractivity contribution in [1.29, 1.82) is 0 Å². The Labute approximate surface area is 109 Å². The Morgan fingerprint density at radius 1 is 0.722 bits per heavy atom. The minimum atomic E-state index is 0.695. The van der Waals surface area contributed by atoms with E-state index in [-0.39, 0.29) is 0 Å². The largest absolute Gasteiger partial charge is 0.255 e. The van der Waals surface area contributed by atoms with E-state index in [1.807, 2.05) is 0 Å².